The van der Waals surface area contributed by atoms with Gasteiger partial charge >= 0.3 is 0 Å². The molecule has 1 unspecified atom stereocenters. The fourth-order valence-electron chi connectivity index (χ4n) is 2.89. The first-order valence-corrected chi connectivity index (χ1v) is 7.77. The van der Waals surface area contributed by atoms with E-state index in [-0.39, 0.29) is 0 Å². The molecular weight excluding hydrogens is 226 g/mol. The smallest absolute Gasteiger partial charge is 0.0426 e. The fraction of sp³-hybridized carbons (Fsp3) is 0.600. The molecule has 0 saturated heterocycles. The van der Waals surface area contributed by atoms with Crippen molar-refractivity contribution in [1.82, 2.24) is 5.32 Å². The maximum Gasteiger partial charge on any atom is 0.0426 e. The fourth-order valence-corrected chi connectivity index (χ4v) is 4.09. The van der Waals surface area contributed by atoms with Gasteiger partial charge in [0.15, 0.2) is 0 Å². The molecule has 3 rings (SSSR count). The molecule has 1 aliphatic carbocycles. The van der Waals surface area contributed by atoms with Crippen LogP contribution in [0.4, 0.5) is 0 Å². The van der Waals surface area contributed by atoms with Gasteiger partial charge in [-0.2, -0.15) is 0 Å². The van der Waals surface area contributed by atoms with E-state index < -0.39 is 0 Å². The topological polar surface area (TPSA) is 12.0 Å². The lowest BCUT2D eigenvalue weighted by atomic mass is 9.99. The zero-order valence-electron chi connectivity index (χ0n) is 10.5. The van der Waals surface area contributed by atoms with Crippen LogP contribution in [-0.4, -0.2) is 12.3 Å². The Morgan fingerprint density at radius 3 is 2.94 bits per heavy atom. The number of hydrogen-bond acceptors (Lipinski definition) is 2. The lowest BCUT2D eigenvalue weighted by molar-refractivity contribution is 0.399. The third-order valence-corrected chi connectivity index (χ3v) is 5.34. The second kappa shape index (κ2) is 4.66. The highest BCUT2D eigenvalue weighted by molar-refractivity contribution is 7.99. The molecule has 0 spiro atoms. The van der Waals surface area contributed by atoms with Crippen molar-refractivity contribution in [2.45, 2.75) is 43.5 Å². The predicted molar refractivity (Wildman–Crippen MR) is 74.5 cm³/mol. The van der Waals surface area contributed by atoms with Gasteiger partial charge < -0.3 is 5.32 Å². The summed E-state index contributed by atoms with van der Waals surface area (Å²) < 4.78 is 0. The maximum atomic E-state index is 3.80. The Labute approximate surface area is 108 Å². The minimum Gasteiger partial charge on any atom is -0.309 e. The Bertz CT molecular complexity index is 398. The second-order valence-corrected chi connectivity index (χ2v) is 6.59. The molecule has 17 heavy (non-hydrogen) atoms. The zero-order valence-corrected chi connectivity index (χ0v) is 11.4. The summed E-state index contributed by atoms with van der Waals surface area (Å²) in [6, 6.07) is 9.43. The normalized spacial score (nSPS) is 24.6. The second-order valence-electron chi connectivity index (χ2n) is 5.53. The van der Waals surface area contributed by atoms with Crippen molar-refractivity contribution in [1.29, 1.82) is 0 Å². The van der Waals surface area contributed by atoms with E-state index in [0.29, 0.717) is 11.5 Å². The van der Waals surface area contributed by atoms with Crippen LogP contribution in [-0.2, 0) is 0 Å². The first-order chi connectivity index (χ1) is 8.33. The zero-order chi connectivity index (χ0) is 11.7. The summed E-state index contributed by atoms with van der Waals surface area (Å²) in [7, 11) is 0. The van der Waals surface area contributed by atoms with Gasteiger partial charge in [-0.1, -0.05) is 31.5 Å². The first kappa shape index (κ1) is 11.6. The molecular formula is C15H21NS. The van der Waals surface area contributed by atoms with Crippen molar-refractivity contribution in [3.63, 3.8) is 0 Å². The summed E-state index contributed by atoms with van der Waals surface area (Å²) in [4.78, 5) is 1.48. The van der Waals surface area contributed by atoms with E-state index >= 15 is 0 Å². The molecule has 1 saturated carbocycles. The molecule has 2 aliphatic rings. The molecule has 0 bridgehead atoms. The number of fused-ring (bicyclic) bond motifs is 1. The summed E-state index contributed by atoms with van der Waals surface area (Å²) in [6.07, 6.45) is 5.61. The summed E-state index contributed by atoms with van der Waals surface area (Å²) in [5.74, 6) is 1.21. The molecule has 92 valence electrons. The Morgan fingerprint density at radius 1 is 1.35 bits per heavy atom. The Hall–Kier alpha value is -0.470. The minimum atomic E-state index is 0.588. The van der Waals surface area contributed by atoms with Crippen LogP contribution < -0.4 is 5.32 Å². The third kappa shape index (κ3) is 2.38. The largest absolute Gasteiger partial charge is 0.309 e. The van der Waals surface area contributed by atoms with Crippen molar-refractivity contribution >= 4 is 11.8 Å². The Balaban J connectivity index is 1.61. The molecule has 1 aromatic carbocycles. The summed E-state index contributed by atoms with van der Waals surface area (Å²) in [5.41, 5.74) is 2.18. The lowest BCUT2D eigenvalue weighted by Gasteiger charge is -2.19. The van der Waals surface area contributed by atoms with Crippen LogP contribution in [0.15, 0.2) is 29.2 Å². The van der Waals surface area contributed by atoms with Crippen LogP contribution in [0.3, 0.4) is 0 Å². The molecule has 1 N–H and O–H groups in total. The van der Waals surface area contributed by atoms with Crippen molar-refractivity contribution in [2.75, 3.05) is 12.3 Å². The SMILES string of the molecule is CCCC1(CNC2CSc3ccccc32)CC1. The number of thioether (sulfide) groups is 1. The molecule has 1 nitrogen and oxygen atoms in total. The molecule has 1 heterocycles. The van der Waals surface area contributed by atoms with Gasteiger partial charge in [-0.05, 0) is 36.3 Å². The van der Waals surface area contributed by atoms with E-state index in [1.54, 1.807) is 0 Å². The van der Waals surface area contributed by atoms with Crippen molar-refractivity contribution in [3.05, 3.63) is 29.8 Å². The van der Waals surface area contributed by atoms with Crippen molar-refractivity contribution in [2.24, 2.45) is 5.41 Å². The van der Waals surface area contributed by atoms with Crippen molar-refractivity contribution < 1.29 is 0 Å². The van der Waals surface area contributed by atoms with Gasteiger partial charge in [-0.3, -0.25) is 0 Å². The number of rotatable bonds is 5. The summed E-state index contributed by atoms with van der Waals surface area (Å²) in [6.45, 7) is 3.53. The lowest BCUT2D eigenvalue weighted by Crippen LogP contribution is -2.28. The van der Waals surface area contributed by atoms with Gasteiger partial charge in [0.25, 0.3) is 0 Å². The van der Waals surface area contributed by atoms with Crippen LogP contribution in [0.5, 0.6) is 0 Å². The van der Waals surface area contributed by atoms with E-state index in [0.717, 1.165) is 0 Å². The number of hydrogen-bond donors (Lipinski definition) is 1. The van der Waals surface area contributed by atoms with Gasteiger partial charge in [-0.15, -0.1) is 11.8 Å². The van der Waals surface area contributed by atoms with Crippen LogP contribution in [0, 0.1) is 5.41 Å². The number of nitrogens with one attached hydrogen (secondary N) is 1. The van der Waals surface area contributed by atoms with Crippen LogP contribution in [0.2, 0.25) is 0 Å². The van der Waals surface area contributed by atoms with Crippen molar-refractivity contribution in [3.8, 4) is 0 Å². The molecule has 1 aromatic rings. The van der Waals surface area contributed by atoms with Gasteiger partial charge in [0, 0.05) is 23.2 Å². The molecule has 0 radical (unpaired) electrons. The maximum absolute atomic E-state index is 3.80. The minimum absolute atomic E-state index is 0.588. The van der Waals surface area contributed by atoms with E-state index in [1.807, 2.05) is 11.8 Å². The third-order valence-electron chi connectivity index (χ3n) is 4.16. The van der Waals surface area contributed by atoms with Gasteiger partial charge in [0.2, 0.25) is 0 Å². The van der Waals surface area contributed by atoms with Crippen LogP contribution in [0.25, 0.3) is 0 Å². The number of benzene rings is 1. The summed E-state index contributed by atoms with van der Waals surface area (Å²) >= 11 is 2.00. The van der Waals surface area contributed by atoms with Crippen LogP contribution >= 0.6 is 11.8 Å². The monoisotopic (exact) mass is 247 g/mol. The van der Waals surface area contributed by atoms with E-state index in [1.165, 1.54) is 48.4 Å². The standard InChI is InChI=1S/C15H21NS/c1-2-7-15(8-9-15)11-16-13-10-17-14-6-4-3-5-12(13)14/h3-6,13,16H,2,7-11H2,1H3. The average Bonchev–Trinajstić information content (AvgIpc) is 3.00. The quantitative estimate of drug-likeness (QED) is 0.844. The predicted octanol–water partition coefficient (Wildman–Crippen LogP) is 4.00. The molecule has 1 fully saturated rings. The van der Waals surface area contributed by atoms with Crippen LogP contribution in [0.1, 0.15) is 44.2 Å². The van der Waals surface area contributed by atoms with E-state index in [4.69, 9.17) is 0 Å². The molecule has 2 heteroatoms. The van der Waals surface area contributed by atoms with Gasteiger partial charge in [0.1, 0.15) is 0 Å². The average molecular weight is 247 g/mol. The Kier molecular flexibility index (Phi) is 3.18. The molecule has 1 aliphatic heterocycles. The highest BCUT2D eigenvalue weighted by Gasteiger charge is 2.41. The first-order valence-electron chi connectivity index (χ1n) is 6.78. The highest BCUT2D eigenvalue weighted by Crippen LogP contribution is 2.49. The van der Waals surface area contributed by atoms with E-state index in [2.05, 4.69) is 36.5 Å². The van der Waals surface area contributed by atoms with E-state index in [9.17, 15) is 0 Å². The summed E-state index contributed by atoms with van der Waals surface area (Å²) in [5, 5.41) is 3.80. The van der Waals surface area contributed by atoms with Gasteiger partial charge in [-0.25, -0.2) is 0 Å². The highest BCUT2D eigenvalue weighted by atomic mass is 32.2. The molecule has 1 atom stereocenters. The molecule has 0 aromatic heterocycles. The van der Waals surface area contributed by atoms with Gasteiger partial charge in [0.05, 0.1) is 0 Å². The Morgan fingerprint density at radius 2 is 2.18 bits per heavy atom. The molecule has 0 amide bonds.